The van der Waals surface area contributed by atoms with Crippen molar-refractivity contribution >= 4 is 22.5 Å². The van der Waals surface area contributed by atoms with Crippen LogP contribution < -0.4 is 5.32 Å². The van der Waals surface area contributed by atoms with Gasteiger partial charge in [0.15, 0.2) is 0 Å². The summed E-state index contributed by atoms with van der Waals surface area (Å²) in [6.45, 7) is 2.29. The quantitative estimate of drug-likeness (QED) is 0.849. The molecule has 2 unspecified atom stereocenters. The molecule has 0 bridgehead atoms. The van der Waals surface area contributed by atoms with E-state index >= 15 is 0 Å². The Bertz CT molecular complexity index is 529. The molecule has 2 rings (SSSR count). The van der Waals surface area contributed by atoms with Crippen molar-refractivity contribution in [3.8, 4) is 0 Å². The summed E-state index contributed by atoms with van der Waals surface area (Å²) in [4.78, 5) is 0. The Morgan fingerprint density at radius 3 is 2.58 bits per heavy atom. The van der Waals surface area contributed by atoms with Gasteiger partial charge in [-0.05, 0) is 29.4 Å². The third-order valence-corrected chi connectivity index (χ3v) is 4.57. The first-order chi connectivity index (χ1) is 9.24. The van der Waals surface area contributed by atoms with Crippen LogP contribution in [0.5, 0.6) is 0 Å². The number of fused-ring (bicyclic) bond motifs is 1. The van der Waals surface area contributed by atoms with Crippen molar-refractivity contribution in [2.75, 3.05) is 19.4 Å². The number of nitrogens with one attached hydrogen (secondary N) is 1. The summed E-state index contributed by atoms with van der Waals surface area (Å²) in [7, 11) is 1.99. The number of thioether (sulfide) groups is 1. The maximum atomic E-state index is 9.09. The van der Waals surface area contributed by atoms with E-state index in [2.05, 4.69) is 54.7 Å². The van der Waals surface area contributed by atoms with Gasteiger partial charge in [-0.3, -0.25) is 0 Å². The Labute approximate surface area is 119 Å². The summed E-state index contributed by atoms with van der Waals surface area (Å²) >= 11 is 1.80. The number of hydrogen-bond acceptors (Lipinski definition) is 3. The van der Waals surface area contributed by atoms with Crippen LogP contribution in [0.2, 0.25) is 0 Å². The van der Waals surface area contributed by atoms with Gasteiger partial charge in [0.25, 0.3) is 0 Å². The third kappa shape index (κ3) is 3.72. The molecule has 2 nitrogen and oxygen atoms in total. The van der Waals surface area contributed by atoms with Crippen LogP contribution in [0, 0.1) is 0 Å². The molecule has 0 aliphatic rings. The fourth-order valence-corrected chi connectivity index (χ4v) is 3.07. The molecule has 0 heterocycles. The van der Waals surface area contributed by atoms with Crippen LogP contribution in [0.4, 0.5) is 0 Å². The Morgan fingerprint density at radius 2 is 1.89 bits per heavy atom. The van der Waals surface area contributed by atoms with Crippen LogP contribution in [0.1, 0.15) is 18.5 Å². The van der Waals surface area contributed by atoms with E-state index in [1.54, 1.807) is 11.8 Å². The van der Waals surface area contributed by atoms with E-state index in [4.69, 9.17) is 5.11 Å². The molecule has 0 amide bonds. The third-order valence-electron chi connectivity index (χ3n) is 3.33. The molecule has 0 radical (unpaired) electrons. The highest BCUT2D eigenvalue weighted by Crippen LogP contribution is 2.24. The number of hydrogen-bond donors (Lipinski definition) is 2. The molecule has 0 aromatic heterocycles. The average Bonchev–Trinajstić information content (AvgIpc) is 2.47. The Balaban J connectivity index is 2.15. The molecule has 2 atom stereocenters. The molecular formula is C16H21NOS. The maximum Gasteiger partial charge on any atom is 0.0547 e. The van der Waals surface area contributed by atoms with Crippen molar-refractivity contribution in [2.24, 2.45) is 0 Å². The maximum absolute atomic E-state index is 9.09. The van der Waals surface area contributed by atoms with Crippen molar-refractivity contribution in [3.63, 3.8) is 0 Å². The summed E-state index contributed by atoms with van der Waals surface area (Å²) in [5.74, 6) is 0.969. The van der Waals surface area contributed by atoms with E-state index in [9.17, 15) is 0 Å². The van der Waals surface area contributed by atoms with Gasteiger partial charge in [-0.25, -0.2) is 0 Å². The van der Waals surface area contributed by atoms with E-state index in [-0.39, 0.29) is 11.9 Å². The molecule has 0 saturated carbocycles. The fourth-order valence-electron chi connectivity index (χ4n) is 2.08. The zero-order chi connectivity index (χ0) is 13.7. The van der Waals surface area contributed by atoms with Gasteiger partial charge in [-0.1, -0.05) is 43.3 Å². The standard InChI is InChI=1S/C16H21NOS/c1-12(10-18)19-11-16(17-2)15-8-7-13-5-3-4-6-14(13)9-15/h3-9,12,16-18H,10-11H2,1-2H3. The molecular weight excluding hydrogens is 254 g/mol. The van der Waals surface area contributed by atoms with Gasteiger partial charge in [-0.2, -0.15) is 11.8 Å². The first-order valence-electron chi connectivity index (χ1n) is 6.63. The summed E-state index contributed by atoms with van der Waals surface area (Å²) in [5.41, 5.74) is 1.30. The average molecular weight is 275 g/mol. The predicted molar refractivity (Wildman–Crippen MR) is 84.8 cm³/mol. The van der Waals surface area contributed by atoms with Gasteiger partial charge >= 0.3 is 0 Å². The van der Waals surface area contributed by atoms with Crippen LogP contribution in [0.3, 0.4) is 0 Å². The minimum absolute atomic E-state index is 0.235. The van der Waals surface area contributed by atoms with E-state index in [0.29, 0.717) is 6.04 Å². The van der Waals surface area contributed by atoms with Crippen LogP contribution in [-0.2, 0) is 0 Å². The molecule has 3 heteroatoms. The lowest BCUT2D eigenvalue weighted by atomic mass is 10.0. The normalized spacial score (nSPS) is 14.5. The summed E-state index contributed by atoms with van der Waals surface area (Å²) in [5, 5.41) is 15.3. The number of benzene rings is 2. The van der Waals surface area contributed by atoms with Gasteiger partial charge < -0.3 is 10.4 Å². The van der Waals surface area contributed by atoms with Crippen LogP contribution in [0.15, 0.2) is 42.5 Å². The predicted octanol–water partition coefficient (Wildman–Crippen LogP) is 3.21. The molecule has 0 saturated heterocycles. The fraction of sp³-hybridized carbons (Fsp3) is 0.375. The second kappa shape index (κ2) is 6.94. The molecule has 0 spiro atoms. The second-order valence-corrected chi connectivity index (χ2v) is 6.25. The number of aliphatic hydroxyl groups is 1. The molecule has 2 aromatic rings. The van der Waals surface area contributed by atoms with Crippen molar-refractivity contribution < 1.29 is 5.11 Å². The molecule has 0 aliphatic heterocycles. The van der Waals surface area contributed by atoms with Crippen molar-refractivity contribution in [3.05, 3.63) is 48.0 Å². The van der Waals surface area contributed by atoms with Crippen LogP contribution in [0.25, 0.3) is 10.8 Å². The van der Waals surface area contributed by atoms with Gasteiger partial charge in [0.1, 0.15) is 0 Å². The van der Waals surface area contributed by atoms with Crippen molar-refractivity contribution in [1.29, 1.82) is 0 Å². The van der Waals surface area contributed by atoms with E-state index < -0.39 is 0 Å². The highest BCUT2D eigenvalue weighted by molar-refractivity contribution is 7.99. The van der Waals surface area contributed by atoms with E-state index in [0.717, 1.165) is 5.75 Å². The first kappa shape index (κ1) is 14.4. The summed E-state index contributed by atoms with van der Waals surface area (Å²) in [6.07, 6.45) is 0. The largest absolute Gasteiger partial charge is 0.395 e. The lowest BCUT2D eigenvalue weighted by Gasteiger charge is -2.18. The Kier molecular flexibility index (Phi) is 5.25. The lowest BCUT2D eigenvalue weighted by Crippen LogP contribution is -2.20. The highest BCUT2D eigenvalue weighted by Gasteiger charge is 2.11. The highest BCUT2D eigenvalue weighted by atomic mass is 32.2. The zero-order valence-corrected chi connectivity index (χ0v) is 12.3. The van der Waals surface area contributed by atoms with Gasteiger partial charge in [0.05, 0.1) is 6.61 Å². The minimum Gasteiger partial charge on any atom is -0.395 e. The molecule has 102 valence electrons. The minimum atomic E-state index is 0.235. The topological polar surface area (TPSA) is 32.3 Å². The molecule has 0 fully saturated rings. The molecule has 2 aromatic carbocycles. The Morgan fingerprint density at radius 1 is 1.16 bits per heavy atom. The summed E-state index contributed by atoms with van der Waals surface area (Å²) in [6, 6.07) is 15.4. The zero-order valence-electron chi connectivity index (χ0n) is 11.5. The van der Waals surface area contributed by atoms with E-state index in [1.165, 1.54) is 16.3 Å². The molecule has 19 heavy (non-hydrogen) atoms. The smallest absolute Gasteiger partial charge is 0.0547 e. The number of rotatable bonds is 6. The van der Waals surface area contributed by atoms with Crippen LogP contribution in [-0.4, -0.2) is 29.8 Å². The molecule has 0 aliphatic carbocycles. The van der Waals surface area contributed by atoms with Gasteiger partial charge in [-0.15, -0.1) is 0 Å². The Hall–Kier alpha value is -1.03. The van der Waals surface area contributed by atoms with Crippen molar-refractivity contribution in [1.82, 2.24) is 5.32 Å². The first-order valence-corrected chi connectivity index (χ1v) is 7.68. The van der Waals surface area contributed by atoms with Gasteiger partial charge in [0, 0.05) is 17.0 Å². The lowest BCUT2D eigenvalue weighted by molar-refractivity contribution is 0.300. The number of aliphatic hydroxyl groups excluding tert-OH is 1. The van der Waals surface area contributed by atoms with Crippen molar-refractivity contribution in [2.45, 2.75) is 18.2 Å². The second-order valence-electron chi connectivity index (χ2n) is 4.77. The van der Waals surface area contributed by atoms with Gasteiger partial charge in [0.2, 0.25) is 0 Å². The molecule has 2 N–H and O–H groups in total. The monoisotopic (exact) mass is 275 g/mol. The van der Waals surface area contributed by atoms with Crippen LogP contribution >= 0.6 is 11.8 Å². The summed E-state index contributed by atoms with van der Waals surface area (Å²) < 4.78 is 0. The van der Waals surface area contributed by atoms with E-state index in [1.807, 2.05) is 7.05 Å². The SMILES string of the molecule is CNC(CSC(C)CO)c1ccc2ccccc2c1.